The van der Waals surface area contributed by atoms with E-state index in [1.807, 2.05) is 19.2 Å². The molecule has 120 valence electrons. The number of H-pyrrole nitrogens is 1. The molecule has 0 aliphatic rings. The third-order valence-corrected chi connectivity index (χ3v) is 4.37. The Morgan fingerprint density at radius 3 is 2.83 bits per heavy atom. The van der Waals surface area contributed by atoms with Crippen LogP contribution in [-0.2, 0) is 13.6 Å². The van der Waals surface area contributed by atoms with Gasteiger partial charge in [0.25, 0.3) is 0 Å². The fraction of sp³-hybridized carbons (Fsp3) is 0.278. The lowest BCUT2D eigenvalue weighted by Crippen LogP contribution is -2.13. The van der Waals surface area contributed by atoms with E-state index in [1.165, 1.54) is 5.56 Å². The van der Waals surface area contributed by atoms with E-state index in [1.54, 1.807) is 10.9 Å². The number of aromatic amines is 1. The van der Waals surface area contributed by atoms with Crippen LogP contribution in [0.5, 0.6) is 0 Å². The lowest BCUT2D eigenvalue weighted by Gasteiger charge is -2.08. The zero-order valence-electron chi connectivity index (χ0n) is 13.7. The zero-order valence-corrected chi connectivity index (χ0v) is 14.4. The zero-order chi connectivity index (χ0) is 16.6. The summed E-state index contributed by atoms with van der Waals surface area (Å²) in [5.74, 6) is 0.404. The maximum atomic E-state index is 6.37. The highest BCUT2D eigenvalue weighted by atomic mass is 35.5. The van der Waals surface area contributed by atoms with Gasteiger partial charge in [0.2, 0.25) is 0 Å². The number of aromatic nitrogens is 3. The summed E-state index contributed by atoms with van der Waals surface area (Å²) in [6, 6.07) is 8.23. The highest BCUT2D eigenvalue weighted by Crippen LogP contribution is 2.29. The van der Waals surface area contributed by atoms with Gasteiger partial charge in [0.1, 0.15) is 0 Å². The molecular weight excluding hydrogens is 308 g/mol. The largest absolute Gasteiger partial charge is 0.378 e. The molecule has 0 unspecified atom stereocenters. The standard InChI is InChI=1S/C18H21ClN4/c1-11(2)15-9-17-13(8-16(15)19)7-14(22-17)10-20-12(3)18-5-6-21-23(18)4/h5-9,11,20,22H,3,10H2,1-2,4H3. The summed E-state index contributed by atoms with van der Waals surface area (Å²) in [6.07, 6.45) is 1.76. The second-order valence-corrected chi connectivity index (χ2v) is 6.49. The van der Waals surface area contributed by atoms with E-state index in [-0.39, 0.29) is 0 Å². The summed E-state index contributed by atoms with van der Waals surface area (Å²) in [4.78, 5) is 3.45. The van der Waals surface area contributed by atoms with Gasteiger partial charge in [-0.25, -0.2) is 0 Å². The molecule has 5 heteroatoms. The number of halogens is 1. The molecule has 0 fully saturated rings. The van der Waals surface area contributed by atoms with Crippen molar-refractivity contribution >= 4 is 28.2 Å². The summed E-state index contributed by atoms with van der Waals surface area (Å²) < 4.78 is 1.80. The van der Waals surface area contributed by atoms with Gasteiger partial charge in [-0.3, -0.25) is 4.68 Å². The minimum atomic E-state index is 0.404. The molecule has 2 N–H and O–H groups in total. The molecule has 0 bridgehead atoms. The maximum Gasteiger partial charge on any atom is 0.0831 e. The minimum Gasteiger partial charge on any atom is -0.378 e. The van der Waals surface area contributed by atoms with E-state index >= 15 is 0 Å². The van der Waals surface area contributed by atoms with Gasteiger partial charge in [0.15, 0.2) is 0 Å². The Hall–Kier alpha value is -2.20. The van der Waals surface area contributed by atoms with E-state index in [9.17, 15) is 0 Å². The van der Waals surface area contributed by atoms with E-state index in [4.69, 9.17) is 11.6 Å². The predicted molar refractivity (Wildman–Crippen MR) is 96.5 cm³/mol. The topological polar surface area (TPSA) is 45.6 Å². The maximum absolute atomic E-state index is 6.37. The van der Waals surface area contributed by atoms with Crippen LogP contribution in [0.2, 0.25) is 5.02 Å². The van der Waals surface area contributed by atoms with Crippen molar-refractivity contribution in [1.29, 1.82) is 0 Å². The lowest BCUT2D eigenvalue weighted by atomic mass is 10.0. The van der Waals surface area contributed by atoms with Crippen LogP contribution in [0.15, 0.2) is 37.0 Å². The van der Waals surface area contributed by atoms with Gasteiger partial charge in [-0.2, -0.15) is 5.10 Å². The third-order valence-electron chi connectivity index (χ3n) is 4.04. The predicted octanol–water partition coefficient (Wildman–Crippen LogP) is 4.44. The number of nitrogens with zero attached hydrogens (tertiary/aromatic N) is 2. The van der Waals surface area contributed by atoms with Crippen molar-refractivity contribution in [3.8, 4) is 0 Å². The molecule has 4 nitrogen and oxygen atoms in total. The van der Waals surface area contributed by atoms with E-state index < -0.39 is 0 Å². The number of hydrogen-bond donors (Lipinski definition) is 2. The monoisotopic (exact) mass is 328 g/mol. The van der Waals surface area contributed by atoms with Crippen LogP contribution in [0.4, 0.5) is 0 Å². The first-order valence-electron chi connectivity index (χ1n) is 7.68. The minimum absolute atomic E-state index is 0.404. The van der Waals surface area contributed by atoms with Crippen molar-refractivity contribution in [2.24, 2.45) is 7.05 Å². The van der Waals surface area contributed by atoms with E-state index in [2.05, 4.69) is 48.0 Å². The van der Waals surface area contributed by atoms with Crippen LogP contribution >= 0.6 is 11.6 Å². The Balaban J connectivity index is 1.79. The molecule has 3 rings (SSSR count). The van der Waals surface area contributed by atoms with Crippen molar-refractivity contribution in [1.82, 2.24) is 20.1 Å². The average Bonchev–Trinajstić information content (AvgIpc) is 3.09. The molecule has 0 spiro atoms. The first-order valence-corrected chi connectivity index (χ1v) is 8.05. The van der Waals surface area contributed by atoms with Gasteiger partial charge < -0.3 is 10.3 Å². The van der Waals surface area contributed by atoms with Crippen LogP contribution < -0.4 is 5.32 Å². The Bertz CT molecular complexity index is 857. The quantitative estimate of drug-likeness (QED) is 0.727. The number of hydrogen-bond acceptors (Lipinski definition) is 2. The molecule has 23 heavy (non-hydrogen) atoms. The molecule has 1 aromatic carbocycles. The summed E-state index contributed by atoms with van der Waals surface area (Å²) >= 11 is 6.37. The molecule has 0 amide bonds. The Labute approximate surface area is 141 Å². The van der Waals surface area contributed by atoms with Crippen molar-refractivity contribution in [2.45, 2.75) is 26.3 Å². The smallest absolute Gasteiger partial charge is 0.0831 e. The van der Waals surface area contributed by atoms with Crippen LogP contribution in [-0.4, -0.2) is 14.8 Å². The fourth-order valence-electron chi connectivity index (χ4n) is 2.73. The number of nitrogens with one attached hydrogen (secondary N) is 2. The SMILES string of the molecule is C=C(NCc1cc2cc(Cl)c(C(C)C)cc2[nH]1)c1ccnn1C. The summed E-state index contributed by atoms with van der Waals surface area (Å²) in [5, 5.41) is 9.44. The summed E-state index contributed by atoms with van der Waals surface area (Å²) in [5.41, 5.74) is 5.21. The Morgan fingerprint density at radius 1 is 1.39 bits per heavy atom. The van der Waals surface area contributed by atoms with E-state index in [0.717, 1.165) is 33.0 Å². The normalized spacial score (nSPS) is 11.3. The van der Waals surface area contributed by atoms with Gasteiger partial charge in [-0.15, -0.1) is 0 Å². The summed E-state index contributed by atoms with van der Waals surface area (Å²) in [7, 11) is 1.90. The van der Waals surface area contributed by atoms with Gasteiger partial charge in [0, 0.05) is 34.9 Å². The second kappa shape index (κ2) is 6.13. The van der Waals surface area contributed by atoms with Gasteiger partial charge in [-0.05, 0) is 35.7 Å². The second-order valence-electron chi connectivity index (χ2n) is 6.08. The Kier molecular flexibility index (Phi) is 4.18. The highest BCUT2D eigenvalue weighted by molar-refractivity contribution is 6.32. The van der Waals surface area contributed by atoms with E-state index in [0.29, 0.717) is 12.5 Å². The molecule has 0 aliphatic carbocycles. The molecule has 2 heterocycles. The average molecular weight is 329 g/mol. The molecule has 3 aromatic rings. The lowest BCUT2D eigenvalue weighted by molar-refractivity contribution is 0.742. The van der Waals surface area contributed by atoms with Crippen molar-refractivity contribution in [3.63, 3.8) is 0 Å². The molecule has 0 saturated heterocycles. The number of rotatable bonds is 5. The number of benzene rings is 1. The van der Waals surface area contributed by atoms with Crippen LogP contribution in [0, 0.1) is 0 Å². The van der Waals surface area contributed by atoms with Gasteiger partial charge >= 0.3 is 0 Å². The molecule has 0 atom stereocenters. The first-order chi connectivity index (χ1) is 11.0. The molecule has 0 radical (unpaired) electrons. The van der Waals surface area contributed by atoms with Crippen molar-refractivity contribution in [3.05, 3.63) is 59.0 Å². The molecule has 0 saturated carbocycles. The van der Waals surface area contributed by atoms with Crippen LogP contribution in [0.1, 0.15) is 36.7 Å². The number of fused-ring (bicyclic) bond motifs is 1. The molecule has 2 aromatic heterocycles. The highest BCUT2D eigenvalue weighted by Gasteiger charge is 2.10. The van der Waals surface area contributed by atoms with Crippen molar-refractivity contribution in [2.75, 3.05) is 0 Å². The number of aryl methyl sites for hydroxylation is 1. The van der Waals surface area contributed by atoms with Crippen molar-refractivity contribution < 1.29 is 0 Å². The molecular formula is C18H21ClN4. The Morgan fingerprint density at radius 2 is 2.17 bits per heavy atom. The fourth-order valence-corrected chi connectivity index (χ4v) is 3.12. The summed E-state index contributed by atoms with van der Waals surface area (Å²) in [6.45, 7) is 9.04. The van der Waals surface area contributed by atoms with Crippen LogP contribution in [0.25, 0.3) is 16.6 Å². The first kappa shape index (κ1) is 15.7. The third kappa shape index (κ3) is 3.13. The molecule has 0 aliphatic heterocycles. The van der Waals surface area contributed by atoms with Crippen LogP contribution in [0.3, 0.4) is 0 Å². The van der Waals surface area contributed by atoms with Gasteiger partial charge in [-0.1, -0.05) is 32.0 Å². The van der Waals surface area contributed by atoms with Gasteiger partial charge in [0.05, 0.1) is 17.9 Å².